The maximum absolute atomic E-state index is 12.9. The summed E-state index contributed by atoms with van der Waals surface area (Å²) in [5, 5.41) is 12.6. The third-order valence-corrected chi connectivity index (χ3v) is 6.78. The summed E-state index contributed by atoms with van der Waals surface area (Å²) in [5.74, 6) is 0.576. The molecule has 1 aliphatic rings. The van der Waals surface area contributed by atoms with Crippen LogP contribution in [-0.4, -0.2) is 49.0 Å². The molecular formula is C22H22ClN7O2S. The highest BCUT2D eigenvalue weighted by atomic mass is 35.5. The molecule has 2 aromatic carbocycles. The third kappa shape index (κ3) is 4.49. The molecule has 33 heavy (non-hydrogen) atoms. The number of halogens is 1. The molecule has 1 fully saturated rings. The van der Waals surface area contributed by atoms with E-state index in [1.165, 1.54) is 11.8 Å². The van der Waals surface area contributed by atoms with Crippen LogP contribution in [0, 0.1) is 0 Å². The Kier molecular flexibility index (Phi) is 5.86. The van der Waals surface area contributed by atoms with Crippen LogP contribution in [0.3, 0.4) is 0 Å². The lowest BCUT2D eigenvalue weighted by molar-refractivity contribution is -0.115. The lowest BCUT2D eigenvalue weighted by Crippen LogP contribution is -2.24. The summed E-state index contributed by atoms with van der Waals surface area (Å²) in [7, 11) is 0. The van der Waals surface area contributed by atoms with Crippen molar-refractivity contribution in [2.24, 2.45) is 0 Å². The monoisotopic (exact) mass is 483 g/mol. The number of benzene rings is 2. The van der Waals surface area contributed by atoms with Crippen LogP contribution in [0.5, 0.6) is 0 Å². The number of anilines is 2. The highest BCUT2D eigenvalue weighted by Crippen LogP contribution is 2.32. The topological polar surface area (TPSA) is 112 Å². The molecule has 4 aromatic rings. The number of hydrogen-bond donors (Lipinski definition) is 3. The first-order chi connectivity index (χ1) is 16.0. The fraction of sp³-hybridized carbons (Fsp3) is 0.273. The average Bonchev–Trinajstić information content (AvgIpc) is 3.52. The largest absolute Gasteiger partial charge is 0.341 e. The number of amides is 1. The Hall–Kier alpha value is -3.24. The van der Waals surface area contributed by atoms with Crippen LogP contribution in [0.25, 0.3) is 16.7 Å². The van der Waals surface area contributed by atoms with Gasteiger partial charge >= 0.3 is 5.69 Å². The molecule has 5 rings (SSSR count). The van der Waals surface area contributed by atoms with E-state index in [0.717, 1.165) is 37.6 Å². The molecule has 0 aliphatic carbocycles. The van der Waals surface area contributed by atoms with Gasteiger partial charge in [0.05, 0.1) is 22.0 Å². The summed E-state index contributed by atoms with van der Waals surface area (Å²) in [6, 6.07) is 12.8. The zero-order valence-corrected chi connectivity index (χ0v) is 19.4. The van der Waals surface area contributed by atoms with Gasteiger partial charge in [0.2, 0.25) is 11.9 Å². The Balaban J connectivity index is 1.39. The third-order valence-electron chi connectivity index (χ3n) is 5.51. The molecule has 1 saturated heterocycles. The number of nitrogens with one attached hydrogen (secondary N) is 3. The second-order valence-corrected chi connectivity index (χ2v) is 9.63. The van der Waals surface area contributed by atoms with Gasteiger partial charge < -0.3 is 20.2 Å². The van der Waals surface area contributed by atoms with E-state index in [1.807, 2.05) is 35.8 Å². The molecule has 11 heteroatoms. The molecule has 1 atom stereocenters. The van der Waals surface area contributed by atoms with E-state index >= 15 is 0 Å². The zero-order valence-electron chi connectivity index (χ0n) is 17.8. The number of carbonyl (C=O) groups excluding carboxylic acids is 1. The number of H-pyrrole nitrogens is 2. The molecule has 3 N–H and O–H groups in total. The lowest BCUT2D eigenvalue weighted by Gasteiger charge is -2.19. The summed E-state index contributed by atoms with van der Waals surface area (Å²) in [5.41, 5.74) is 2.49. The van der Waals surface area contributed by atoms with Crippen molar-refractivity contribution in [3.63, 3.8) is 0 Å². The lowest BCUT2D eigenvalue weighted by atomic mass is 10.2. The molecule has 0 radical (unpaired) electrons. The van der Waals surface area contributed by atoms with Gasteiger partial charge in [0.1, 0.15) is 0 Å². The van der Waals surface area contributed by atoms with E-state index in [1.54, 1.807) is 18.2 Å². The predicted octanol–water partition coefficient (Wildman–Crippen LogP) is 3.81. The Morgan fingerprint density at radius 1 is 1.12 bits per heavy atom. The maximum Gasteiger partial charge on any atom is 0.323 e. The Bertz CT molecular complexity index is 1370. The summed E-state index contributed by atoms with van der Waals surface area (Å²) < 4.78 is 1.96. The number of rotatable bonds is 6. The van der Waals surface area contributed by atoms with Crippen LogP contribution in [0.15, 0.2) is 52.4 Å². The highest BCUT2D eigenvalue weighted by molar-refractivity contribution is 8.00. The fourth-order valence-electron chi connectivity index (χ4n) is 3.87. The number of fused-ring (bicyclic) bond motifs is 1. The molecule has 3 heterocycles. The van der Waals surface area contributed by atoms with Crippen molar-refractivity contribution < 1.29 is 4.79 Å². The van der Waals surface area contributed by atoms with E-state index in [-0.39, 0.29) is 11.6 Å². The van der Waals surface area contributed by atoms with Gasteiger partial charge in [-0.15, -0.1) is 10.2 Å². The molecule has 0 spiro atoms. The number of aromatic amines is 2. The van der Waals surface area contributed by atoms with E-state index in [4.69, 9.17) is 11.6 Å². The summed E-state index contributed by atoms with van der Waals surface area (Å²) in [4.78, 5) is 32.0. The number of aromatic nitrogens is 5. The fourth-order valence-corrected chi connectivity index (χ4v) is 4.91. The van der Waals surface area contributed by atoms with Crippen molar-refractivity contribution in [3.05, 3.63) is 58.0 Å². The van der Waals surface area contributed by atoms with E-state index in [0.29, 0.717) is 26.9 Å². The van der Waals surface area contributed by atoms with Gasteiger partial charge in [0.15, 0.2) is 5.16 Å². The molecule has 0 unspecified atom stereocenters. The van der Waals surface area contributed by atoms with Crippen molar-refractivity contribution in [1.29, 1.82) is 0 Å². The minimum Gasteiger partial charge on any atom is -0.341 e. The first-order valence-electron chi connectivity index (χ1n) is 10.6. The number of imidazole rings is 1. The summed E-state index contributed by atoms with van der Waals surface area (Å²) in [6.45, 7) is 3.66. The molecule has 0 saturated carbocycles. The van der Waals surface area contributed by atoms with Gasteiger partial charge in [-0.3, -0.25) is 9.36 Å². The van der Waals surface area contributed by atoms with Gasteiger partial charge in [0.25, 0.3) is 0 Å². The van der Waals surface area contributed by atoms with Gasteiger partial charge in [0, 0.05) is 23.8 Å². The summed E-state index contributed by atoms with van der Waals surface area (Å²) >= 11 is 7.58. The summed E-state index contributed by atoms with van der Waals surface area (Å²) in [6.07, 6.45) is 2.22. The smallest absolute Gasteiger partial charge is 0.323 e. The second-order valence-electron chi connectivity index (χ2n) is 7.88. The van der Waals surface area contributed by atoms with E-state index in [9.17, 15) is 9.59 Å². The van der Waals surface area contributed by atoms with E-state index < -0.39 is 5.25 Å². The maximum atomic E-state index is 12.9. The molecule has 1 amide bonds. The first-order valence-corrected chi connectivity index (χ1v) is 11.9. The molecule has 0 bridgehead atoms. The SMILES string of the molecule is C[C@H](Sc1nnc(N2CCCC2)n1-c1cccc(Cl)c1)C(=O)Nc1ccc2[nH]c(=O)[nH]c2c1. The zero-order chi connectivity index (χ0) is 22.9. The van der Waals surface area contributed by atoms with Crippen molar-refractivity contribution in [2.45, 2.75) is 30.2 Å². The normalized spacial score (nSPS) is 14.7. The second kappa shape index (κ2) is 8.95. The Labute approximate surface area is 198 Å². The molecule has 2 aromatic heterocycles. The predicted molar refractivity (Wildman–Crippen MR) is 131 cm³/mol. The van der Waals surface area contributed by atoms with Crippen molar-refractivity contribution in [1.82, 2.24) is 24.7 Å². The number of hydrogen-bond acceptors (Lipinski definition) is 6. The standard InChI is InChI=1S/C22H22ClN7O2S/c1-13(19(31)24-15-7-8-17-18(12-15)26-20(32)25-17)33-22-28-27-21(29-9-2-3-10-29)30(22)16-6-4-5-14(23)11-16/h4-8,11-13H,2-3,9-10H2,1H3,(H,24,31)(H2,25,26,32)/t13-/m0/s1. The first kappa shape index (κ1) is 21.6. The van der Waals surface area contributed by atoms with Crippen molar-refractivity contribution >= 4 is 51.9 Å². The van der Waals surface area contributed by atoms with Gasteiger partial charge in [-0.1, -0.05) is 29.4 Å². The molecule has 9 nitrogen and oxygen atoms in total. The van der Waals surface area contributed by atoms with Crippen LogP contribution in [0.2, 0.25) is 5.02 Å². The Morgan fingerprint density at radius 2 is 1.91 bits per heavy atom. The van der Waals surface area contributed by atoms with Crippen LogP contribution in [0.1, 0.15) is 19.8 Å². The molecule has 170 valence electrons. The number of thioether (sulfide) groups is 1. The molecular weight excluding hydrogens is 462 g/mol. The Morgan fingerprint density at radius 3 is 2.70 bits per heavy atom. The van der Waals surface area contributed by atoms with Crippen LogP contribution >= 0.6 is 23.4 Å². The van der Waals surface area contributed by atoms with Crippen molar-refractivity contribution in [2.75, 3.05) is 23.3 Å². The molecule has 1 aliphatic heterocycles. The van der Waals surface area contributed by atoms with Gasteiger partial charge in [-0.05, 0) is 56.2 Å². The van der Waals surface area contributed by atoms with Crippen molar-refractivity contribution in [3.8, 4) is 5.69 Å². The highest BCUT2D eigenvalue weighted by Gasteiger charge is 2.25. The minimum absolute atomic E-state index is 0.180. The quantitative estimate of drug-likeness (QED) is 0.359. The average molecular weight is 484 g/mol. The number of nitrogens with zero attached hydrogens (tertiary/aromatic N) is 4. The van der Waals surface area contributed by atoms with Gasteiger partial charge in [-0.2, -0.15) is 0 Å². The van der Waals surface area contributed by atoms with Gasteiger partial charge in [-0.25, -0.2) is 4.79 Å². The number of carbonyl (C=O) groups is 1. The van der Waals surface area contributed by atoms with Crippen LogP contribution < -0.4 is 15.9 Å². The van der Waals surface area contributed by atoms with Crippen LogP contribution in [-0.2, 0) is 4.79 Å². The van der Waals surface area contributed by atoms with E-state index in [2.05, 4.69) is 30.4 Å². The minimum atomic E-state index is -0.445. The van der Waals surface area contributed by atoms with Crippen LogP contribution in [0.4, 0.5) is 11.6 Å².